The van der Waals surface area contributed by atoms with Gasteiger partial charge in [-0.15, -0.1) is 0 Å². The van der Waals surface area contributed by atoms with Crippen LogP contribution in [-0.2, 0) is 0 Å². The fourth-order valence-electron chi connectivity index (χ4n) is 3.35. The van der Waals surface area contributed by atoms with Crippen LogP contribution in [0.5, 0.6) is 0 Å². The van der Waals surface area contributed by atoms with E-state index < -0.39 is 12.2 Å². The smallest absolute Gasteiger partial charge is 0.322 e. The van der Waals surface area contributed by atoms with Gasteiger partial charge in [-0.05, 0) is 67.1 Å². The predicted molar refractivity (Wildman–Crippen MR) is 125 cm³/mol. The average molecular weight is 464 g/mol. The number of alkyl halides is 3. The number of pyridine rings is 1. The number of carbonyl (C=O) groups is 2. The number of halogens is 3. The lowest BCUT2D eigenvalue weighted by Gasteiger charge is -2.13. The highest BCUT2D eigenvalue weighted by molar-refractivity contribution is 6.08. The summed E-state index contributed by atoms with van der Waals surface area (Å²) in [4.78, 5) is 29.6. The minimum atomic E-state index is -4.61. The van der Waals surface area contributed by atoms with Crippen LogP contribution in [0.25, 0.3) is 10.9 Å². The Morgan fingerprint density at radius 2 is 1.56 bits per heavy atom. The van der Waals surface area contributed by atoms with Crippen LogP contribution < -0.4 is 16.0 Å². The lowest BCUT2D eigenvalue weighted by atomic mass is 10.1. The standard InChI is InChI=1S/C25H19F3N4O2/c1-15-7-9-19(30-23(33)17-4-2-6-20(13-17)32-25(26,27)28)14-22(15)31-24(34)18-8-10-21-16(12-18)5-3-11-29-21/h2-14,32H,1H3,(H,30,33)(H,31,34). The first-order valence-electron chi connectivity index (χ1n) is 10.2. The van der Waals surface area contributed by atoms with E-state index >= 15 is 0 Å². The predicted octanol–water partition coefficient (Wildman–Crippen LogP) is 5.98. The number of carbonyl (C=O) groups excluding carboxylic acids is 2. The number of rotatable bonds is 5. The molecule has 9 heteroatoms. The first-order valence-corrected chi connectivity index (χ1v) is 10.2. The van der Waals surface area contributed by atoms with Crippen molar-refractivity contribution < 1.29 is 22.8 Å². The first kappa shape index (κ1) is 22.8. The second kappa shape index (κ2) is 9.22. The van der Waals surface area contributed by atoms with Crippen LogP contribution in [0.1, 0.15) is 26.3 Å². The van der Waals surface area contributed by atoms with Crippen LogP contribution in [0.2, 0.25) is 0 Å². The minimum absolute atomic E-state index is 0.0465. The summed E-state index contributed by atoms with van der Waals surface area (Å²) in [5.74, 6) is -0.919. The van der Waals surface area contributed by atoms with E-state index in [9.17, 15) is 22.8 Å². The normalized spacial score (nSPS) is 11.2. The second-order valence-electron chi connectivity index (χ2n) is 7.55. The first-order chi connectivity index (χ1) is 16.2. The van der Waals surface area contributed by atoms with E-state index in [0.29, 0.717) is 16.9 Å². The fraction of sp³-hybridized carbons (Fsp3) is 0.0800. The van der Waals surface area contributed by atoms with Crippen molar-refractivity contribution in [2.45, 2.75) is 13.2 Å². The zero-order chi connectivity index (χ0) is 24.3. The summed E-state index contributed by atoms with van der Waals surface area (Å²) in [7, 11) is 0. The molecule has 1 heterocycles. The second-order valence-corrected chi connectivity index (χ2v) is 7.55. The molecule has 6 nitrogen and oxygen atoms in total. The Morgan fingerprint density at radius 1 is 0.794 bits per heavy atom. The van der Waals surface area contributed by atoms with Gasteiger partial charge in [-0.2, -0.15) is 13.2 Å². The maximum absolute atomic E-state index is 12.8. The molecule has 4 aromatic rings. The number of anilines is 3. The lowest BCUT2D eigenvalue weighted by Crippen LogP contribution is -2.21. The maximum atomic E-state index is 12.8. The molecule has 34 heavy (non-hydrogen) atoms. The molecule has 0 aliphatic carbocycles. The summed E-state index contributed by atoms with van der Waals surface area (Å²) in [5.41, 5.74) is 2.65. The Balaban J connectivity index is 1.50. The summed E-state index contributed by atoms with van der Waals surface area (Å²) in [6.45, 7) is 1.80. The molecule has 0 aliphatic rings. The highest BCUT2D eigenvalue weighted by Crippen LogP contribution is 2.24. The number of benzene rings is 3. The van der Waals surface area contributed by atoms with E-state index in [0.717, 1.165) is 22.5 Å². The number of fused-ring (bicyclic) bond motifs is 1. The van der Waals surface area contributed by atoms with Crippen LogP contribution in [0, 0.1) is 6.92 Å². The largest absolute Gasteiger partial charge is 0.482 e. The third-order valence-corrected chi connectivity index (χ3v) is 5.02. The van der Waals surface area contributed by atoms with Crippen molar-refractivity contribution in [3.8, 4) is 0 Å². The van der Waals surface area contributed by atoms with Gasteiger partial charge in [0.25, 0.3) is 11.8 Å². The van der Waals surface area contributed by atoms with E-state index in [1.54, 1.807) is 55.6 Å². The molecule has 0 saturated carbocycles. The van der Waals surface area contributed by atoms with Crippen LogP contribution >= 0.6 is 0 Å². The number of aryl methyl sites for hydroxylation is 1. The highest BCUT2D eigenvalue weighted by atomic mass is 19.4. The van der Waals surface area contributed by atoms with Crippen LogP contribution in [0.15, 0.2) is 79.0 Å². The summed E-state index contributed by atoms with van der Waals surface area (Å²) >= 11 is 0. The van der Waals surface area contributed by atoms with Gasteiger partial charge in [-0.1, -0.05) is 18.2 Å². The maximum Gasteiger partial charge on any atom is 0.482 e. The average Bonchev–Trinajstić information content (AvgIpc) is 2.80. The number of hydrogen-bond acceptors (Lipinski definition) is 4. The van der Waals surface area contributed by atoms with E-state index in [2.05, 4.69) is 15.6 Å². The van der Waals surface area contributed by atoms with Crippen molar-refractivity contribution in [3.05, 3.63) is 95.7 Å². The minimum Gasteiger partial charge on any atom is -0.322 e. The number of amides is 2. The third-order valence-electron chi connectivity index (χ3n) is 5.02. The summed E-state index contributed by atoms with van der Waals surface area (Å²) < 4.78 is 37.7. The summed E-state index contributed by atoms with van der Waals surface area (Å²) in [6.07, 6.45) is -2.94. The number of hydrogen-bond donors (Lipinski definition) is 3. The van der Waals surface area contributed by atoms with Gasteiger partial charge >= 0.3 is 6.30 Å². The van der Waals surface area contributed by atoms with Gasteiger partial charge in [0, 0.05) is 39.8 Å². The van der Waals surface area contributed by atoms with Crippen LogP contribution in [-0.4, -0.2) is 23.1 Å². The molecular formula is C25H19F3N4O2. The number of nitrogens with one attached hydrogen (secondary N) is 3. The lowest BCUT2D eigenvalue weighted by molar-refractivity contribution is -0.0999. The van der Waals surface area contributed by atoms with E-state index in [1.165, 1.54) is 23.5 Å². The Bertz CT molecular complexity index is 1390. The van der Waals surface area contributed by atoms with Crippen LogP contribution in [0.4, 0.5) is 30.2 Å². The molecule has 3 aromatic carbocycles. The Hall–Kier alpha value is -4.40. The Kier molecular flexibility index (Phi) is 6.18. The molecule has 0 atom stereocenters. The van der Waals surface area contributed by atoms with Crippen molar-refractivity contribution in [2.75, 3.05) is 16.0 Å². The van der Waals surface area contributed by atoms with Gasteiger partial charge in [-0.3, -0.25) is 19.9 Å². The summed E-state index contributed by atoms with van der Waals surface area (Å²) in [6, 6.07) is 18.8. The monoisotopic (exact) mass is 464 g/mol. The Labute approximate surface area is 192 Å². The van der Waals surface area contributed by atoms with Gasteiger partial charge in [0.15, 0.2) is 0 Å². The molecule has 0 spiro atoms. The van der Waals surface area contributed by atoms with Crippen molar-refractivity contribution >= 4 is 39.8 Å². The number of aromatic nitrogens is 1. The van der Waals surface area contributed by atoms with Gasteiger partial charge < -0.3 is 10.6 Å². The zero-order valence-electron chi connectivity index (χ0n) is 17.9. The Morgan fingerprint density at radius 3 is 2.35 bits per heavy atom. The zero-order valence-corrected chi connectivity index (χ0v) is 17.9. The van der Waals surface area contributed by atoms with Crippen molar-refractivity contribution in [2.24, 2.45) is 0 Å². The van der Waals surface area contributed by atoms with Crippen molar-refractivity contribution in [3.63, 3.8) is 0 Å². The van der Waals surface area contributed by atoms with Crippen molar-refractivity contribution in [1.29, 1.82) is 0 Å². The van der Waals surface area contributed by atoms with Gasteiger partial charge in [0.2, 0.25) is 0 Å². The molecule has 0 radical (unpaired) electrons. The molecule has 2 amide bonds. The molecule has 0 aliphatic heterocycles. The van der Waals surface area contributed by atoms with Crippen LogP contribution in [0.3, 0.4) is 0 Å². The van der Waals surface area contributed by atoms with Gasteiger partial charge in [0.1, 0.15) is 0 Å². The molecule has 172 valence electrons. The van der Waals surface area contributed by atoms with E-state index in [1.807, 2.05) is 6.07 Å². The molecule has 3 N–H and O–H groups in total. The third kappa shape index (κ3) is 5.50. The molecule has 0 unspecified atom stereocenters. The summed E-state index contributed by atoms with van der Waals surface area (Å²) in [5, 5.41) is 7.68. The SMILES string of the molecule is Cc1ccc(NC(=O)c2cccc(NC(F)(F)F)c2)cc1NC(=O)c1ccc2ncccc2c1. The van der Waals surface area contributed by atoms with Gasteiger partial charge in [-0.25, -0.2) is 0 Å². The quantitative estimate of drug-likeness (QED) is 0.317. The molecule has 0 fully saturated rings. The molecule has 1 aromatic heterocycles. The highest BCUT2D eigenvalue weighted by Gasteiger charge is 2.27. The topological polar surface area (TPSA) is 83.1 Å². The molecule has 0 bridgehead atoms. The number of nitrogens with zero attached hydrogens (tertiary/aromatic N) is 1. The van der Waals surface area contributed by atoms with Gasteiger partial charge in [0.05, 0.1) is 5.52 Å². The van der Waals surface area contributed by atoms with Crippen molar-refractivity contribution in [1.82, 2.24) is 4.98 Å². The molecule has 4 rings (SSSR count). The fourth-order valence-corrected chi connectivity index (χ4v) is 3.35. The molecule has 0 saturated heterocycles. The molecular weight excluding hydrogens is 445 g/mol. The van der Waals surface area contributed by atoms with E-state index in [4.69, 9.17) is 0 Å². The van der Waals surface area contributed by atoms with E-state index in [-0.39, 0.29) is 17.2 Å².